The number of fused-ring (bicyclic) bond motifs is 1. The summed E-state index contributed by atoms with van der Waals surface area (Å²) < 4.78 is 2.76. The number of halogens is 1. The lowest BCUT2D eigenvalue weighted by Gasteiger charge is -2.09. The number of amides is 2. The minimum absolute atomic E-state index is 0.115. The Morgan fingerprint density at radius 2 is 1.88 bits per heavy atom. The highest BCUT2D eigenvalue weighted by molar-refractivity contribution is 9.10. The molecule has 2 amide bonds. The van der Waals surface area contributed by atoms with E-state index in [1.165, 1.54) is 6.92 Å². The lowest BCUT2D eigenvalue weighted by Crippen LogP contribution is -2.18. The molecule has 0 bridgehead atoms. The summed E-state index contributed by atoms with van der Waals surface area (Å²) in [5, 5.41) is 6.58. The van der Waals surface area contributed by atoms with Gasteiger partial charge in [-0.2, -0.15) is 0 Å². The van der Waals surface area contributed by atoms with E-state index in [9.17, 15) is 9.59 Å². The molecule has 0 aliphatic rings. The highest BCUT2D eigenvalue weighted by Crippen LogP contribution is 2.24. The maximum atomic E-state index is 12.3. The van der Waals surface area contributed by atoms with Gasteiger partial charge in [-0.25, -0.2) is 0 Å². The highest BCUT2D eigenvalue weighted by Gasteiger charge is 2.10. The van der Waals surface area contributed by atoms with Crippen molar-refractivity contribution in [3.63, 3.8) is 0 Å². The molecule has 6 heteroatoms. The fourth-order valence-corrected chi connectivity index (χ4v) is 2.98. The minimum atomic E-state index is -0.123. The number of rotatable bonds is 4. The summed E-state index contributed by atoms with van der Waals surface area (Å²) in [7, 11) is 0. The van der Waals surface area contributed by atoms with E-state index in [1.54, 1.807) is 0 Å². The van der Waals surface area contributed by atoms with E-state index in [1.807, 2.05) is 59.3 Å². The molecule has 3 rings (SSSR count). The van der Waals surface area contributed by atoms with Gasteiger partial charge in [0.2, 0.25) is 11.8 Å². The van der Waals surface area contributed by atoms with Crippen LogP contribution in [0.3, 0.4) is 0 Å². The first-order chi connectivity index (χ1) is 11.5. The van der Waals surface area contributed by atoms with Crippen LogP contribution in [0.15, 0.2) is 59.2 Å². The summed E-state index contributed by atoms with van der Waals surface area (Å²) in [4.78, 5) is 23.6. The van der Waals surface area contributed by atoms with Crippen LogP contribution in [-0.4, -0.2) is 16.4 Å². The molecule has 3 aromatic rings. The minimum Gasteiger partial charge on any atom is -0.338 e. The topological polar surface area (TPSA) is 63.1 Å². The number of nitrogens with one attached hydrogen (secondary N) is 2. The number of hydrogen-bond acceptors (Lipinski definition) is 2. The monoisotopic (exact) mass is 385 g/mol. The van der Waals surface area contributed by atoms with Crippen molar-refractivity contribution in [1.29, 1.82) is 0 Å². The molecular weight excluding hydrogens is 370 g/mol. The number of benzene rings is 2. The standard InChI is InChI=1S/C18H16BrN3O2/c1-12(23)20-16-6-3-7-17-15(16)8-9-22(17)11-18(24)21-14-5-2-4-13(19)10-14/h2-10H,11H2,1H3,(H,20,23)(H,21,24). The van der Waals surface area contributed by atoms with Gasteiger partial charge in [-0.05, 0) is 36.4 Å². The molecule has 0 saturated heterocycles. The molecular formula is C18H16BrN3O2. The zero-order valence-corrected chi connectivity index (χ0v) is 14.6. The first-order valence-electron chi connectivity index (χ1n) is 7.44. The van der Waals surface area contributed by atoms with Crippen molar-refractivity contribution in [2.75, 3.05) is 10.6 Å². The Morgan fingerprint density at radius 3 is 2.62 bits per heavy atom. The average Bonchev–Trinajstić information content (AvgIpc) is 2.91. The average molecular weight is 386 g/mol. The van der Waals surface area contributed by atoms with Crippen LogP contribution >= 0.6 is 15.9 Å². The van der Waals surface area contributed by atoms with E-state index in [0.717, 1.165) is 26.8 Å². The molecule has 1 aromatic heterocycles. The predicted molar refractivity (Wildman–Crippen MR) is 99.0 cm³/mol. The Bertz CT molecular complexity index is 918. The molecule has 0 radical (unpaired) electrons. The van der Waals surface area contributed by atoms with Crippen molar-refractivity contribution < 1.29 is 9.59 Å². The van der Waals surface area contributed by atoms with Crippen molar-refractivity contribution in [2.24, 2.45) is 0 Å². The van der Waals surface area contributed by atoms with Gasteiger partial charge in [0.25, 0.3) is 0 Å². The van der Waals surface area contributed by atoms with Crippen molar-refractivity contribution in [1.82, 2.24) is 4.57 Å². The van der Waals surface area contributed by atoms with E-state index >= 15 is 0 Å². The maximum Gasteiger partial charge on any atom is 0.244 e. The number of carbonyl (C=O) groups is 2. The largest absolute Gasteiger partial charge is 0.338 e. The normalized spacial score (nSPS) is 10.6. The molecule has 24 heavy (non-hydrogen) atoms. The van der Waals surface area contributed by atoms with E-state index < -0.39 is 0 Å². The second-order valence-corrected chi connectivity index (χ2v) is 6.34. The van der Waals surface area contributed by atoms with Crippen molar-refractivity contribution in [3.05, 3.63) is 59.2 Å². The number of nitrogens with zero attached hydrogens (tertiary/aromatic N) is 1. The van der Waals surface area contributed by atoms with Gasteiger partial charge in [0.1, 0.15) is 6.54 Å². The Balaban J connectivity index is 1.80. The Morgan fingerprint density at radius 1 is 1.08 bits per heavy atom. The van der Waals surface area contributed by atoms with Crippen LogP contribution < -0.4 is 10.6 Å². The number of carbonyl (C=O) groups excluding carboxylic acids is 2. The zero-order valence-electron chi connectivity index (χ0n) is 13.0. The third-order valence-corrected chi connectivity index (χ3v) is 4.04. The molecule has 0 fully saturated rings. The van der Waals surface area contributed by atoms with Gasteiger partial charge in [0.05, 0.1) is 11.2 Å². The van der Waals surface area contributed by atoms with Crippen LogP contribution in [0.2, 0.25) is 0 Å². The molecule has 0 saturated carbocycles. The molecule has 122 valence electrons. The Kier molecular flexibility index (Phi) is 4.66. The van der Waals surface area contributed by atoms with Crippen LogP contribution in [0.1, 0.15) is 6.92 Å². The summed E-state index contributed by atoms with van der Waals surface area (Å²) in [5.74, 6) is -0.238. The fraction of sp³-hybridized carbons (Fsp3) is 0.111. The van der Waals surface area contributed by atoms with Crippen LogP contribution in [0.5, 0.6) is 0 Å². The molecule has 5 nitrogen and oxygen atoms in total. The molecule has 0 atom stereocenters. The fourth-order valence-electron chi connectivity index (χ4n) is 2.58. The van der Waals surface area contributed by atoms with Crippen molar-refractivity contribution >= 4 is 50.0 Å². The van der Waals surface area contributed by atoms with Crippen LogP contribution in [0.4, 0.5) is 11.4 Å². The molecule has 0 aliphatic carbocycles. The van der Waals surface area contributed by atoms with Gasteiger partial charge in [-0.15, -0.1) is 0 Å². The number of aromatic nitrogens is 1. The van der Waals surface area contributed by atoms with E-state index in [4.69, 9.17) is 0 Å². The van der Waals surface area contributed by atoms with Gasteiger partial charge in [0, 0.05) is 28.7 Å². The van der Waals surface area contributed by atoms with E-state index in [2.05, 4.69) is 26.6 Å². The smallest absolute Gasteiger partial charge is 0.244 e. The number of hydrogen-bond donors (Lipinski definition) is 2. The highest BCUT2D eigenvalue weighted by atomic mass is 79.9. The van der Waals surface area contributed by atoms with Crippen molar-refractivity contribution in [2.45, 2.75) is 13.5 Å². The van der Waals surface area contributed by atoms with Gasteiger partial charge in [0.15, 0.2) is 0 Å². The molecule has 2 N–H and O–H groups in total. The summed E-state index contributed by atoms with van der Waals surface area (Å²) in [6.07, 6.45) is 1.84. The lowest BCUT2D eigenvalue weighted by atomic mass is 10.2. The second-order valence-electron chi connectivity index (χ2n) is 5.42. The summed E-state index contributed by atoms with van der Waals surface area (Å²) >= 11 is 3.38. The van der Waals surface area contributed by atoms with Gasteiger partial charge in [-0.3, -0.25) is 9.59 Å². The summed E-state index contributed by atoms with van der Waals surface area (Å²) in [5.41, 5.74) is 2.38. The predicted octanol–water partition coefficient (Wildman–Crippen LogP) is 4.00. The molecule has 0 aliphatic heterocycles. The quantitative estimate of drug-likeness (QED) is 0.712. The van der Waals surface area contributed by atoms with Crippen LogP contribution in [0.25, 0.3) is 10.9 Å². The van der Waals surface area contributed by atoms with Crippen LogP contribution in [-0.2, 0) is 16.1 Å². The van der Waals surface area contributed by atoms with Gasteiger partial charge in [-0.1, -0.05) is 28.1 Å². The molecule has 2 aromatic carbocycles. The molecule has 0 unspecified atom stereocenters. The Labute approximate surface area is 147 Å². The van der Waals surface area contributed by atoms with Crippen LogP contribution in [0, 0.1) is 0 Å². The van der Waals surface area contributed by atoms with Gasteiger partial charge < -0.3 is 15.2 Å². The second kappa shape index (κ2) is 6.88. The number of anilines is 2. The SMILES string of the molecule is CC(=O)Nc1cccc2c1ccn2CC(=O)Nc1cccc(Br)c1. The molecule has 0 spiro atoms. The van der Waals surface area contributed by atoms with E-state index in [-0.39, 0.29) is 18.4 Å². The van der Waals surface area contributed by atoms with Gasteiger partial charge >= 0.3 is 0 Å². The first kappa shape index (κ1) is 16.3. The first-order valence-corrected chi connectivity index (χ1v) is 8.23. The Hall–Kier alpha value is -2.60. The van der Waals surface area contributed by atoms with Crippen molar-refractivity contribution in [3.8, 4) is 0 Å². The summed E-state index contributed by atoms with van der Waals surface area (Å²) in [6.45, 7) is 1.67. The molecule has 1 heterocycles. The third kappa shape index (κ3) is 3.65. The maximum absolute atomic E-state index is 12.3. The zero-order chi connectivity index (χ0) is 17.1. The summed E-state index contributed by atoms with van der Waals surface area (Å²) in [6, 6.07) is 15.0. The third-order valence-electron chi connectivity index (χ3n) is 3.55. The van der Waals surface area contributed by atoms with E-state index in [0.29, 0.717) is 0 Å². The lowest BCUT2D eigenvalue weighted by molar-refractivity contribution is -0.116.